The molecule has 6 nitrogen and oxygen atoms in total. The number of hydrogen-bond donors (Lipinski definition) is 1. The number of aromatic nitrogens is 2. The van der Waals surface area contributed by atoms with E-state index >= 15 is 0 Å². The van der Waals surface area contributed by atoms with Gasteiger partial charge in [0.05, 0.1) is 18.8 Å². The molecule has 0 fully saturated rings. The number of ether oxygens (including phenoxy) is 2. The Labute approximate surface area is 168 Å². The van der Waals surface area contributed by atoms with Gasteiger partial charge in [-0.3, -0.25) is 9.48 Å². The minimum atomic E-state index is -4.78. The van der Waals surface area contributed by atoms with Gasteiger partial charge in [-0.2, -0.15) is 5.10 Å². The number of fused-ring (bicyclic) bond motifs is 1. The van der Waals surface area contributed by atoms with Gasteiger partial charge in [0, 0.05) is 5.69 Å². The van der Waals surface area contributed by atoms with Crippen molar-refractivity contribution in [2.24, 2.45) is 0 Å². The number of nitrogens with zero attached hydrogens (tertiary/aromatic N) is 2. The highest BCUT2D eigenvalue weighted by atomic mass is 19.4. The van der Waals surface area contributed by atoms with Crippen LogP contribution in [0.15, 0.2) is 54.6 Å². The second-order valence-corrected chi connectivity index (χ2v) is 6.58. The first kappa shape index (κ1) is 19.9. The lowest BCUT2D eigenvalue weighted by atomic mass is 10.1. The summed E-state index contributed by atoms with van der Waals surface area (Å²) in [5.41, 5.74) is 1.93. The molecule has 1 amide bonds. The third kappa shape index (κ3) is 4.60. The van der Waals surface area contributed by atoms with E-state index in [1.807, 2.05) is 0 Å². The van der Waals surface area contributed by atoms with Crippen LogP contribution < -0.4 is 10.1 Å². The Morgan fingerprint density at radius 1 is 1.13 bits per heavy atom. The maximum Gasteiger partial charge on any atom is 0.573 e. The molecular formula is C20H15F4N3O3. The zero-order valence-electron chi connectivity index (χ0n) is 15.3. The molecule has 0 spiro atoms. The second-order valence-electron chi connectivity index (χ2n) is 6.58. The molecule has 0 aliphatic carbocycles. The van der Waals surface area contributed by atoms with Crippen LogP contribution >= 0.6 is 0 Å². The average molecular weight is 421 g/mol. The van der Waals surface area contributed by atoms with Gasteiger partial charge in [-0.05, 0) is 48.0 Å². The fraction of sp³-hybridized carbons (Fsp3) is 0.200. The number of hydrogen-bond acceptors (Lipinski definition) is 4. The number of amides is 1. The molecule has 1 unspecified atom stereocenters. The van der Waals surface area contributed by atoms with Gasteiger partial charge in [0.2, 0.25) is 0 Å². The van der Waals surface area contributed by atoms with Gasteiger partial charge in [0.1, 0.15) is 17.7 Å². The normalized spacial score (nSPS) is 16.1. The van der Waals surface area contributed by atoms with Gasteiger partial charge in [0.25, 0.3) is 5.91 Å². The van der Waals surface area contributed by atoms with Gasteiger partial charge in [-0.15, -0.1) is 13.2 Å². The lowest BCUT2D eigenvalue weighted by Gasteiger charge is -2.24. The summed E-state index contributed by atoms with van der Waals surface area (Å²) in [6.07, 6.45) is -5.11. The maximum absolute atomic E-state index is 13.1. The first-order valence-corrected chi connectivity index (χ1v) is 8.88. The van der Waals surface area contributed by atoms with Gasteiger partial charge < -0.3 is 14.8 Å². The Morgan fingerprint density at radius 2 is 1.83 bits per heavy atom. The Bertz CT molecular complexity index is 1050. The summed E-state index contributed by atoms with van der Waals surface area (Å²) >= 11 is 0. The number of anilines is 1. The van der Waals surface area contributed by atoms with Crippen molar-refractivity contribution < 1.29 is 31.8 Å². The summed E-state index contributed by atoms with van der Waals surface area (Å²) in [6, 6.07) is 12.3. The first-order valence-electron chi connectivity index (χ1n) is 8.88. The fourth-order valence-corrected chi connectivity index (χ4v) is 3.05. The number of nitrogens with one attached hydrogen (secondary N) is 1. The molecule has 1 aromatic heterocycles. The van der Waals surface area contributed by atoms with Gasteiger partial charge >= 0.3 is 6.36 Å². The molecule has 2 heterocycles. The summed E-state index contributed by atoms with van der Waals surface area (Å²) in [4.78, 5) is 12.5. The smallest absolute Gasteiger partial charge is 0.406 e. The fourth-order valence-electron chi connectivity index (χ4n) is 3.05. The van der Waals surface area contributed by atoms with Crippen molar-refractivity contribution in [2.75, 3.05) is 5.32 Å². The van der Waals surface area contributed by atoms with E-state index in [9.17, 15) is 22.4 Å². The lowest BCUT2D eigenvalue weighted by molar-refractivity contribution is -0.274. The van der Waals surface area contributed by atoms with Crippen LogP contribution in [0.1, 0.15) is 27.8 Å². The summed E-state index contributed by atoms with van der Waals surface area (Å²) in [7, 11) is 0. The van der Waals surface area contributed by atoms with E-state index in [4.69, 9.17) is 4.74 Å². The van der Waals surface area contributed by atoms with Crippen molar-refractivity contribution in [1.82, 2.24) is 9.78 Å². The highest BCUT2D eigenvalue weighted by Gasteiger charge is 2.31. The van der Waals surface area contributed by atoms with Crippen LogP contribution in [0.5, 0.6) is 5.75 Å². The zero-order chi connectivity index (χ0) is 21.3. The van der Waals surface area contributed by atoms with Crippen LogP contribution in [0.3, 0.4) is 0 Å². The van der Waals surface area contributed by atoms with Crippen molar-refractivity contribution in [2.45, 2.75) is 25.6 Å². The van der Waals surface area contributed by atoms with Crippen molar-refractivity contribution in [3.63, 3.8) is 0 Å². The Morgan fingerprint density at radius 3 is 2.50 bits per heavy atom. The molecule has 1 N–H and O–H groups in total. The molecular weight excluding hydrogens is 406 g/mol. The molecule has 1 atom stereocenters. The molecule has 0 saturated heterocycles. The summed E-state index contributed by atoms with van der Waals surface area (Å²) in [5, 5.41) is 6.86. The molecule has 3 aromatic rings. The summed E-state index contributed by atoms with van der Waals surface area (Å²) < 4.78 is 60.9. The number of benzene rings is 2. The van der Waals surface area contributed by atoms with E-state index in [2.05, 4.69) is 15.2 Å². The Hall–Kier alpha value is -3.40. The molecule has 0 radical (unpaired) electrons. The van der Waals surface area contributed by atoms with Crippen molar-refractivity contribution in [1.29, 1.82) is 0 Å². The van der Waals surface area contributed by atoms with E-state index in [1.54, 1.807) is 22.9 Å². The molecule has 0 bridgehead atoms. The standard InChI is InChI=1S/C20H15F4N3O3/c21-13-3-1-12(2-4-13)18-10-27-15(11-29-18)9-17(26-27)19(28)25-14-5-7-16(8-6-14)30-20(22,23)24/h1-9,18H,10-11H2,(H,25,28). The molecule has 0 saturated carbocycles. The molecule has 1 aliphatic heterocycles. The number of carbonyl (C=O) groups excluding carboxylic acids is 1. The molecule has 2 aromatic carbocycles. The predicted octanol–water partition coefficient (Wildman–Crippen LogP) is 4.44. The Kier molecular flexibility index (Phi) is 5.17. The molecule has 10 heteroatoms. The monoisotopic (exact) mass is 421 g/mol. The SMILES string of the molecule is O=C(Nc1ccc(OC(F)(F)F)cc1)c1cc2n(n1)CC(c1ccc(F)cc1)OC2. The third-order valence-electron chi connectivity index (χ3n) is 4.45. The minimum absolute atomic E-state index is 0.143. The summed E-state index contributed by atoms with van der Waals surface area (Å²) in [6.45, 7) is 0.587. The van der Waals surface area contributed by atoms with Crippen molar-refractivity contribution in [3.05, 3.63) is 77.4 Å². The molecule has 30 heavy (non-hydrogen) atoms. The van der Waals surface area contributed by atoms with Crippen LogP contribution in [0, 0.1) is 5.82 Å². The van der Waals surface area contributed by atoms with E-state index in [1.165, 1.54) is 24.3 Å². The van der Waals surface area contributed by atoms with Crippen molar-refractivity contribution >= 4 is 11.6 Å². The zero-order valence-corrected chi connectivity index (χ0v) is 15.3. The topological polar surface area (TPSA) is 65.4 Å². The van der Waals surface area contributed by atoms with Gasteiger partial charge in [-0.1, -0.05) is 12.1 Å². The van der Waals surface area contributed by atoms with E-state index < -0.39 is 12.3 Å². The van der Waals surface area contributed by atoms with Crippen LogP contribution in [0.4, 0.5) is 23.2 Å². The van der Waals surface area contributed by atoms with Crippen LogP contribution in [-0.4, -0.2) is 22.1 Å². The van der Waals surface area contributed by atoms with Gasteiger partial charge in [0.15, 0.2) is 5.69 Å². The first-order chi connectivity index (χ1) is 14.3. The minimum Gasteiger partial charge on any atom is -0.406 e. The molecule has 156 valence electrons. The third-order valence-corrected chi connectivity index (χ3v) is 4.45. The summed E-state index contributed by atoms with van der Waals surface area (Å²) in [5.74, 6) is -1.24. The maximum atomic E-state index is 13.1. The number of rotatable bonds is 4. The lowest BCUT2D eigenvalue weighted by Crippen LogP contribution is -2.22. The highest BCUT2D eigenvalue weighted by molar-refractivity contribution is 6.02. The van der Waals surface area contributed by atoms with E-state index in [0.29, 0.717) is 17.9 Å². The highest BCUT2D eigenvalue weighted by Crippen LogP contribution is 2.27. The predicted molar refractivity (Wildman–Crippen MR) is 97.2 cm³/mol. The number of carbonyl (C=O) groups is 1. The van der Waals surface area contributed by atoms with Gasteiger partial charge in [-0.25, -0.2) is 4.39 Å². The van der Waals surface area contributed by atoms with E-state index in [0.717, 1.165) is 17.7 Å². The Balaban J connectivity index is 1.42. The average Bonchev–Trinajstić information content (AvgIpc) is 3.12. The number of alkyl halides is 3. The second kappa shape index (κ2) is 7.79. The molecule has 1 aliphatic rings. The van der Waals surface area contributed by atoms with Crippen LogP contribution in [0.25, 0.3) is 0 Å². The quantitative estimate of drug-likeness (QED) is 0.633. The molecule has 4 rings (SSSR count). The van der Waals surface area contributed by atoms with Crippen LogP contribution in [0.2, 0.25) is 0 Å². The number of halogens is 4. The van der Waals surface area contributed by atoms with Crippen molar-refractivity contribution in [3.8, 4) is 5.75 Å². The van der Waals surface area contributed by atoms with Crippen LogP contribution in [-0.2, 0) is 17.9 Å². The van der Waals surface area contributed by atoms with E-state index in [-0.39, 0.29) is 30.0 Å². The largest absolute Gasteiger partial charge is 0.573 e.